The van der Waals surface area contributed by atoms with Crippen molar-refractivity contribution in [1.29, 1.82) is 0 Å². The van der Waals surface area contributed by atoms with E-state index in [4.69, 9.17) is 0 Å². The Balaban J connectivity index is 2.49. The van der Waals surface area contributed by atoms with Crippen LogP contribution in [-0.2, 0) is 6.42 Å². The number of thiazole rings is 1. The summed E-state index contributed by atoms with van der Waals surface area (Å²) >= 11 is 1.24. The quantitative estimate of drug-likeness (QED) is 0.932. The third-order valence-electron chi connectivity index (χ3n) is 2.82. The van der Waals surface area contributed by atoms with E-state index in [-0.39, 0.29) is 0 Å². The van der Waals surface area contributed by atoms with Gasteiger partial charge < -0.3 is 5.11 Å². The van der Waals surface area contributed by atoms with Gasteiger partial charge in [0.1, 0.15) is 9.88 Å². The van der Waals surface area contributed by atoms with E-state index in [1.54, 1.807) is 0 Å². The van der Waals surface area contributed by atoms with Crippen molar-refractivity contribution in [3.05, 3.63) is 34.1 Å². The van der Waals surface area contributed by atoms with Crippen LogP contribution >= 0.6 is 11.3 Å². The third kappa shape index (κ3) is 3.22. The van der Waals surface area contributed by atoms with Crippen molar-refractivity contribution in [2.75, 3.05) is 0 Å². The van der Waals surface area contributed by atoms with Crippen molar-refractivity contribution in [3.63, 3.8) is 0 Å². The molecule has 0 saturated heterocycles. The molecule has 0 radical (unpaired) electrons. The fourth-order valence-corrected chi connectivity index (χ4v) is 3.04. The molecule has 0 aliphatic heterocycles. The summed E-state index contributed by atoms with van der Waals surface area (Å²) in [5, 5.41) is 10.1. The monoisotopic (exact) mass is 290 g/mol. The second-order valence-corrected chi connectivity index (χ2v) is 6.34. The first-order valence-electron chi connectivity index (χ1n) is 6.55. The fourth-order valence-electron chi connectivity index (χ4n) is 2.13. The first kappa shape index (κ1) is 14.7. The Hall–Kier alpha value is -1.75. The first-order chi connectivity index (χ1) is 9.36. The van der Waals surface area contributed by atoms with E-state index in [9.17, 15) is 9.90 Å². The number of aryl methyl sites for hydroxylation is 2. The minimum absolute atomic E-state index is 0.348. The molecule has 2 rings (SSSR count). The van der Waals surface area contributed by atoms with Crippen molar-refractivity contribution in [3.8, 4) is 10.6 Å². The smallest absolute Gasteiger partial charge is 0.347 e. The highest BCUT2D eigenvalue weighted by Gasteiger charge is 2.19. The molecule has 0 aliphatic rings. The average molecular weight is 290 g/mol. The van der Waals surface area contributed by atoms with Gasteiger partial charge in [-0.3, -0.25) is 4.98 Å². The molecule has 20 heavy (non-hydrogen) atoms. The van der Waals surface area contributed by atoms with Crippen LogP contribution in [0.25, 0.3) is 10.6 Å². The molecule has 0 aromatic carbocycles. The molecule has 0 atom stereocenters. The zero-order chi connectivity index (χ0) is 14.9. The summed E-state index contributed by atoms with van der Waals surface area (Å²) in [5.41, 5.74) is 3.45. The number of hydrogen-bond acceptors (Lipinski definition) is 4. The van der Waals surface area contributed by atoms with Gasteiger partial charge in [-0.05, 0) is 38.3 Å². The highest BCUT2D eigenvalue weighted by molar-refractivity contribution is 7.17. The Bertz CT molecular complexity index is 627. The van der Waals surface area contributed by atoms with Gasteiger partial charge in [0.05, 0.1) is 5.69 Å². The van der Waals surface area contributed by atoms with Crippen LogP contribution in [-0.4, -0.2) is 21.0 Å². The predicted molar refractivity (Wildman–Crippen MR) is 80.3 cm³/mol. The molecule has 5 heteroatoms. The molecule has 4 nitrogen and oxygen atoms in total. The van der Waals surface area contributed by atoms with Crippen molar-refractivity contribution < 1.29 is 9.90 Å². The molecular formula is C15H18N2O2S. The molecule has 2 aromatic heterocycles. The lowest BCUT2D eigenvalue weighted by atomic mass is 10.1. The summed E-state index contributed by atoms with van der Waals surface area (Å²) in [6.07, 6.45) is 0.682. The highest BCUT2D eigenvalue weighted by atomic mass is 32.1. The van der Waals surface area contributed by atoms with Gasteiger partial charge in [0.25, 0.3) is 0 Å². The number of carbonyl (C=O) groups is 1. The van der Waals surface area contributed by atoms with Gasteiger partial charge in [-0.1, -0.05) is 13.8 Å². The van der Waals surface area contributed by atoms with Gasteiger partial charge in [0, 0.05) is 17.0 Å². The number of pyridine rings is 1. The second-order valence-electron chi connectivity index (χ2n) is 5.34. The van der Waals surface area contributed by atoms with Crippen LogP contribution in [0.1, 0.15) is 40.6 Å². The standard InChI is InChI=1S/C15H18N2O2S/c1-8(2)5-12-13(15(18)19)20-14(17-12)11-6-9(3)16-10(4)7-11/h6-8H,5H2,1-4H3,(H,18,19). The van der Waals surface area contributed by atoms with Gasteiger partial charge in [0.2, 0.25) is 0 Å². The molecule has 0 amide bonds. The summed E-state index contributed by atoms with van der Waals surface area (Å²) in [7, 11) is 0. The number of aromatic carboxylic acids is 1. The Labute approximate surface area is 122 Å². The van der Waals surface area contributed by atoms with Crippen LogP contribution in [0.5, 0.6) is 0 Å². The molecule has 0 aliphatic carbocycles. The zero-order valence-electron chi connectivity index (χ0n) is 12.1. The number of nitrogens with zero attached hydrogens (tertiary/aromatic N) is 2. The van der Waals surface area contributed by atoms with E-state index in [1.165, 1.54) is 11.3 Å². The van der Waals surface area contributed by atoms with Crippen LogP contribution in [0.3, 0.4) is 0 Å². The molecule has 0 bridgehead atoms. The van der Waals surface area contributed by atoms with E-state index >= 15 is 0 Å². The number of carboxylic acid groups (broad SMARTS) is 1. The molecule has 0 unspecified atom stereocenters. The SMILES string of the molecule is Cc1cc(-c2nc(CC(C)C)c(C(=O)O)s2)cc(C)n1. The molecule has 1 N–H and O–H groups in total. The maximum absolute atomic E-state index is 11.3. The first-order valence-corrected chi connectivity index (χ1v) is 7.37. The Kier molecular flexibility index (Phi) is 4.18. The van der Waals surface area contributed by atoms with Gasteiger partial charge in [-0.25, -0.2) is 9.78 Å². The van der Waals surface area contributed by atoms with Crippen molar-refractivity contribution in [1.82, 2.24) is 9.97 Å². The minimum Gasteiger partial charge on any atom is -0.477 e. The number of hydrogen-bond donors (Lipinski definition) is 1. The predicted octanol–water partition coefficient (Wildman–Crippen LogP) is 3.72. The highest BCUT2D eigenvalue weighted by Crippen LogP contribution is 2.30. The Morgan fingerprint density at radius 2 is 1.85 bits per heavy atom. The lowest BCUT2D eigenvalue weighted by Crippen LogP contribution is -2.02. The van der Waals surface area contributed by atoms with E-state index in [0.717, 1.165) is 22.0 Å². The van der Waals surface area contributed by atoms with Crippen molar-refractivity contribution in [2.45, 2.75) is 34.1 Å². The summed E-state index contributed by atoms with van der Waals surface area (Å²) in [5.74, 6) is -0.518. The fraction of sp³-hybridized carbons (Fsp3) is 0.400. The molecular weight excluding hydrogens is 272 g/mol. The lowest BCUT2D eigenvalue weighted by molar-refractivity contribution is 0.0700. The number of rotatable bonds is 4. The minimum atomic E-state index is -0.896. The van der Waals surface area contributed by atoms with Crippen LogP contribution in [0.4, 0.5) is 0 Å². The normalized spacial score (nSPS) is 11.1. The Morgan fingerprint density at radius 1 is 1.25 bits per heavy atom. The summed E-state index contributed by atoms with van der Waals surface area (Å²) in [6.45, 7) is 7.98. The third-order valence-corrected chi connectivity index (χ3v) is 3.96. The van der Waals surface area contributed by atoms with Gasteiger partial charge in [-0.2, -0.15) is 0 Å². The second kappa shape index (κ2) is 5.71. The van der Waals surface area contributed by atoms with Crippen LogP contribution in [0, 0.1) is 19.8 Å². The van der Waals surface area contributed by atoms with Gasteiger partial charge in [-0.15, -0.1) is 11.3 Å². The molecule has 2 aromatic rings. The number of carboxylic acids is 1. The van der Waals surface area contributed by atoms with E-state index in [0.29, 0.717) is 22.9 Å². The topological polar surface area (TPSA) is 63.1 Å². The summed E-state index contributed by atoms with van der Waals surface area (Å²) in [6, 6.07) is 3.88. The van der Waals surface area contributed by atoms with E-state index < -0.39 is 5.97 Å². The average Bonchev–Trinajstić information content (AvgIpc) is 2.70. The van der Waals surface area contributed by atoms with Crippen LogP contribution < -0.4 is 0 Å². The van der Waals surface area contributed by atoms with Crippen molar-refractivity contribution in [2.24, 2.45) is 5.92 Å². The molecule has 0 fully saturated rings. The summed E-state index contributed by atoms with van der Waals surface area (Å²) in [4.78, 5) is 20.6. The van der Waals surface area contributed by atoms with Gasteiger partial charge in [0.15, 0.2) is 0 Å². The molecule has 0 spiro atoms. The molecule has 106 valence electrons. The van der Waals surface area contributed by atoms with Crippen LogP contribution in [0.2, 0.25) is 0 Å². The molecule has 0 saturated carbocycles. The van der Waals surface area contributed by atoms with E-state index in [2.05, 4.69) is 23.8 Å². The maximum atomic E-state index is 11.3. The largest absolute Gasteiger partial charge is 0.477 e. The lowest BCUT2D eigenvalue weighted by Gasteiger charge is -2.02. The number of aromatic nitrogens is 2. The molecule has 2 heterocycles. The summed E-state index contributed by atoms with van der Waals surface area (Å²) < 4.78 is 0. The van der Waals surface area contributed by atoms with E-state index in [1.807, 2.05) is 26.0 Å². The van der Waals surface area contributed by atoms with Gasteiger partial charge >= 0.3 is 5.97 Å². The Morgan fingerprint density at radius 3 is 2.35 bits per heavy atom. The zero-order valence-corrected chi connectivity index (χ0v) is 12.9. The maximum Gasteiger partial charge on any atom is 0.347 e. The van der Waals surface area contributed by atoms with Crippen LogP contribution in [0.15, 0.2) is 12.1 Å². The van der Waals surface area contributed by atoms with Crippen molar-refractivity contribution >= 4 is 17.3 Å².